The summed E-state index contributed by atoms with van der Waals surface area (Å²) in [4.78, 5) is 18.7. The fourth-order valence-corrected chi connectivity index (χ4v) is 4.19. The van der Waals surface area contributed by atoms with E-state index in [1.54, 1.807) is 17.1 Å². The van der Waals surface area contributed by atoms with Crippen LogP contribution in [-0.4, -0.2) is 56.4 Å². The number of hydrogen-bond acceptors (Lipinski definition) is 5. The number of aryl methyl sites for hydroxylation is 2. The molecule has 4 rings (SSSR count). The van der Waals surface area contributed by atoms with Crippen LogP contribution in [-0.2, 0) is 37.9 Å². The predicted molar refractivity (Wildman–Crippen MR) is 105 cm³/mol. The number of amides is 1. The molecule has 1 fully saturated rings. The van der Waals surface area contributed by atoms with Crippen molar-refractivity contribution in [3.8, 4) is 0 Å². The number of fused-ring (bicyclic) bond motifs is 1. The highest BCUT2D eigenvalue weighted by Gasteiger charge is 2.25. The molecule has 152 valence electrons. The Hall–Kier alpha value is -2.19. The minimum atomic E-state index is -0.0836. The quantitative estimate of drug-likeness (QED) is 0.811. The van der Waals surface area contributed by atoms with Crippen LogP contribution >= 0.6 is 0 Å². The van der Waals surface area contributed by atoms with Gasteiger partial charge in [0, 0.05) is 50.6 Å². The van der Waals surface area contributed by atoms with Crippen LogP contribution in [0.25, 0.3) is 0 Å². The fraction of sp³-hybridized carbons (Fsp3) is 0.650. The highest BCUT2D eigenvalue weighted by Crippen LogP contribution is 2.24. The molecule has 0 aromatic carbocycles. The second-order valence-electron chi connectivity index (χ2n) is 7.84. The van der Waals surface area contributed by atoms with E-state index >= 15 is 0 Å². The van der Waals surface area contributed by atoms with E-state index in [-0.39, 0.29) is 5.91 Å². The Balaban J connectivity index is 1.27. The zero-order valence-electron chi connectivity index (χ0n) is 16.9. The molecular weight excluding hydrogens is 356 g/mol. The number of carbonyl (C=O) groups excluding carboxylic acids is 1. The third-order valence-electron chi connectivity index (χ3n) is 5.85. The van der Waals surface area contributed by atoms with Gasteiger partial charge in [-0.1, -0.05) is 0 Å². The van der Waals surface area contributed by atoms with Crippen LogP contribution in [0.1, 0.15) is 47.2 Å². The predicted octanol–water partition coefficient (Wildman–Crippen LogP) is 1.35. The molecule has 8 heteroatoms. The largest absolute Gasteiger partial charge is 0.376 e. The molecule has 8 nitrogen and oxygen atoms in total. The first kappa shape index (κ1) is 19.1. The number of nitrogens with zero attached hydrogens (tertiary/aromatic N) is 5. The van der Waals surface area contributed by atoms with Crippen LogP contribution < -0.4 is 5.32 Å². The Bertz CT molecular complexity index is 819. The number of hydrogen-bond donors (Lipinski definition) is 1. The average Bonchev–Trinajstić information content (AvgIpc) is 3.31. The lowest BCUT2D eigenvalue weighted by Gasteiger charge is -2.31. The first-order valence-corrected chi connectivity index (χ1v) is 10.3. The second kappa shape index (κ2) is 8.45. The van der Waals surface area contributed by atoms with Gasteiger partial charge in [-0.2, -0.15) is 5.10 Å². The molecule has 0 aliphatic carbocycles. The van der Waals surface area contributed by atoms with Crippen molar-refractivity contribution >= 4 is 5.91 Å². The zero-order chi connectivity index (χ0) is 19.5. The molecule has 2 aliphatic heterocycles. The van der Waals surface area contributed by atoms with Gasteiger partial charge in [-0.25, -0.2) is 4.98 Å². The van der Waals surface area contributed by atoms with Crippen LogP contribution in [0.2, 0.25) is 0 Å². The molecule has 4 heterocycles. The number of carbonyl (C=O) groups is 1. The Kier molecular flexibility index (Phi) is 5.77. The van der Waals surface area contributed by atoms with Crippen LogP contribution in [0.15, 0.2) is 12.5 Å². The van der Waals surface area contributed by atoms with Crippen molar-refractivity contribution in [1.82, 2.24) is 29.5 Å². The van der Waals surface area contributed by atoms with E-state index in [1.807, 2.05) is 7.05 Å². The van der Waals surface area contributed by atoms with Gasteiger partial charge >= 0.3 is 0 Å². The van der Waals surface area contributed by atoms with Crippen molar-refractivity contribution in [2.75, 3.05) is 26.2 Å². The number of imidazole rings is 1. The van der Waals surface area contributed by atoms with Crippen molar-refractivity contribution in [3.05, 3.63) is 35.2 Å². The molecule has 0 saturated carbocycles. The average molecular weight is 387 g/mol. The summed E-state index contributed by atoms with van der Waals surface area (Å²) in [5, 5.41) is 7.88. The van der Waals surface area contributed by atoms with Gasteiger partial charge in [0.15, 0.2) is 0 Å². The standard InChI is InChI=1S/C20H30N6O2/c1-3-26-19-6-9-28-13-16(19)17(23-26)12-25-7-4-15(5-8-25)10-21-20(27)18-11-24(2)14-22-18/h11,14-15H,3-10,12-13H2,1-2H3,(H,21,27). The molecule has 2 aromatic heterocycles. The van der Waals surface area contributed by atoms with Gasteiger partial charge in [0.25, 0.3) is 5.91 Å². The number of ether oxygens (including phenoxy) is 1. The Labute approximate surface area is 165 Å². The van der Waals surface area contributed by atoms with Crippen molar-refractivity contribution in [3.63, 3.8) is 0 Å². The number of likely N-dealkylation sites (tertiary alicyclic amines) is 1. The van der Waals surface area contributed by atoms with Gasteiger partial charge in [-0.05, 0) is 38.8 Å². The van der Waals surface area contributed by atoms with E-state index in [1.165, 1.54) is 17.0 Å². The van der Waals surface area contributed by atoms with Crippen molar-refractivity contribution in [2.24, 2.45) is 13.0 Å². The number of piperidine rings is 1. The minimum Gasteiger partial charge on any atom is -0.376 e. The molecule has 0 radical (unpaired) electrons. The maximum Gasteiger partial charge on any atom is 0.271 e. The van der Waals surface area contributed by atoms with E-state index in [0.717, 1.165) is 58.6 Å². The number of rotatable bonds is 6. The first-order chi connectivity index (χ1) is 13.6. The Morgan fingerprint density at radius 2 is 2.18 bits per heavy atom. The maximum atomic E-state index is 12.2. The summed E-state index contributed by atoms with van der Waals surface area (Å²) in [7, 11) is 1.87. The van der Waals surface area contributed by atoms with E-state index < -0.39 is 0 Å². The van der Waals surface area contributed by atoms with Gasteiger partial charge in [0.05, 0.1) is 25.2 Å². The van der Waals surface area contributed by atoms with Crippen molar-refractivity contribution in [1.29, 1.82) is 0 Å². The SMILES string of the molecule is CCn1nc(CN2CCC(CNC(=O)c3cn(C)cn3)CC2)c2c1CCOC2. The van der Waals surface area contributed by atoms with Gasteiger partial charge in [-0.15, -0.1) is 0 Å². The minimum absolute atomic E-state index is 0.0836. The van der Waals surface area contributed by atoms with Gasteiger partial charge in [-0.3, -0.25) is 14.4 Å². The van der Waals surface area contributed by atoms with E-state index in [4.69, 9.17) is 9.84 Å². The Morgan fingerprint density at radius 3 is 2.89 bits per heavy atom. The molecular formula is C20H30N6O2. The summed E-state index contributed by atoms with van der Waals surface area (Å²) in [6, 6.07) is 0. The smallest absolute Gasteiger partial charge is 0.271 e. The molecule has 1 saturated heterocycles. The molecule has 0 spiro atoms. The summed E-state index contributed by atoms with van der Waals surface area (Å²) < 4.78 is 9.61. The van der Waals surface area contributed by atoms with Gasteiger partial charge < -0.3 is 14.6 Å². The van der Waals surface area contributed by atoms with Crippen molar-refractivity contribution < 1.29 is 9.53 Å². The fourth-order valence-electron chi connectivity index (χ4n) is 4.19. The monoisotopic (exact) mass is 386 g/mol. The molecule has 0 bridgehead atoms. The van der Waals surface area contributed by atoms with Crippen LogP contribution in [0.3, 0.4) is 0 Å². The molecule has 28 heavy (non-hydrogen) atoms. The first-order valence-electron chi connectivity index (χ1n) is 10.3. The lowest BCUT2D eigenvalue weighted by Crippen LogP contribution is -2.38. The van der Waals surface area contributed by atoms with Crippen molar-refractivity contribution in [2.45, 2.75) is 45.9 Å². The van der Waals surface area contributed by atoms with Crippen LogP contribution in [0, 0.1) is 5.92 Å². The number of aromatic nitrogens is 4. The molecule has 1 amide bonds. The van der Waals surface area contributed by atoms with Crippen LogP contribution in [0.4, 0.5) is 0 Å². The summed E-state index contributed by atoms with van der Waals surface area (Å²) in [6.07, 6.45) is 6.55. The Morgan fingerprint density at radius 1 is 1.36 bits per heavy atom. The summed E-state index contributed by atoms with van der Waals surface area (Å²) in [5.41, 5.74) is 4.32. The maximum absolute atomic E-state index is 12.2. The van der Waals surface area contributed by atoms with Gasteiger partial charge in [0.2, 0.25) is 0 Å². The number of nitrogens with one attached hydrogen (secondary N) is 1. The van der Waals surface area contributed by atoms with E-state index in [2.05, 4.69) is 26.8 Å². The topological polar surface area (TPSA) is 77.2 Å². The van der Waals surface area contributed by atoms with Gasteiger partial charge in [0.1, 0.15) is 5.69 Å². The molecule has 2 aromatic rings. The lowest BCUT2D eigenvalue weighted by molar-refractivity contribution is 0.0929. The summed E-state index contributed by atoms with van der Waals surface area (Å²) >= 11 is 0. The highest BCUT2D eigenvalue weighted by atomic mass is 16.5. The van der Waals surface area contributed by atoms with E-state index in [0.29, 0.717) is 18.2 Å². The van der Waals surface area contributed by atoms with Crippen LogP contribution in [0.5, 0.6) is 0 Å². The molecule has 0 atom stereocenters. The molecule has 1 N–H and O–H groups in total. The molecule has 2 aliphatic rings. The highest BCUT2D eigenvalue weighted by molar-refractivity contribution is 5.91. The third-order valence-corrected chi connectivity index (χ3v) is 5.85. The summed E-state index contributed by atoms with van der Waals surface area (Å²) in [6.45, 7) is 8.26. The molecule has 0 unspecified atom stereocenters. The third kappa shape index (κ3) is 4.12. The summed E-state index contributed by atoms with van der Waals surface area (Å²) in [5.74, 6) is 0.439. The lowest BCUT2D eigenvalue weighted by atomic mass is 9.96. The zero-order valence-corrected chi connectivity index (χ0v) is 16.9. The normalized spacial score (nSPS) is 18.2. The van der Waals surface area contributed by atoms with E-state index in [9.17, 15) is 4.79 Å². The second-order valence-corrected chi connectivity index (χ2v) is 7.84.